The molecule has 2 rings (SSSR count). The molecule has 0 aliphatic carbocycles. The number of aryl methyl sites for hydroxylation is 1. The van der Waals surface area contributed by atoms with Gasteiger partial charge in [-0.3, -0.25) is 4.68 Å². The van der Waals surface area contributed by atoms with Crippen LogP contribution in [0.2, 0.25) is 5.02 Å². The fourth-order valence-electron chi connectivity index (χ4n) is 2.02. The van der Waals surface area contributed by atoms with Crippen molar-refractivity contribution < 1.29 is 0 Å². The van der Waals surface area contributed by atoms with Crippen LogP contribution in [-0.4, -0.2) is 9.78 Å². The first-order chi connectivity index (χ1) is 8.63. The molecule has 3 nitrogen and oxygen atoms in total. The van der Waals surface area contributed by atoms with Crippen LogP contribution in [0.1, 0.15) is 31.9 Å². The van der Waals surface area contributed by atoms with Crippen LogP contribution in [0.15, 0.2) is 30.5 Å². The maximum Gasteiger partial charge on any atom is 0.0682 e. The van der Waals surface area contributed by atoms with Gasteiger partial charge >= 0.3 is 0 Å². The third kappa shape index (κ3) is 2.57. The second kappa shape index (κ2) is 5.55. The number of halogens is 1. The molecule has 2 N–H and O–H groups in total. The van der Waals surface area contributed by atoms with Gasteiger partial charge in [0.25, 0.3) is 0 Å². The van der Waals surface area contributed by atoms with E-state index in [1.165, 1.54) is 0 Å². The van der Waals surface area contributed by atoms with Gasteiger partial charge in [0, 0.05) is 29.4 Å². The van der Waals surface area contributed by atoms with Crippen LogP contribution in [0, 0.1) is 0 Å². The highest BCUT2D eigenvalue weighted by molar-refractivity contribution is 6.31. The minimum atomic E-state index is -0.0490. The normalized spacial score (nSPS) is 12.7. The lowest BCUT2D eigenvalue weighted by Crippen LogP contribution is -2.06. The quantitative estimate of drug-likeness (QED) is 0.915. The molecule has 1 atom stereocenters. The monoisotopic (exact) mass is 263 g/mol. The smallest absolute Gasteiger partial charge is 0.0682 e. The second-order valence-corrected chi connectivity index (χ2v) is 4.87. The molecule has 1 aromatic heterocycles. The minimum absolute atomic E-state index is 0.0490. The van der Waals surface area contributed by atoms with Crippen molar-refractivity contribution in [2.45, 2.75) is 32.9 Å². The van der Waals surface area contributed by atoms with Crippen molar-refractivity contribution in [1.82, 2.24) is 9.78 Å². The number of hydrogen-bond acceptors (Lipinski definition) is 2. The summed E-state index contributed by atoms with van der Waals surface area (Å²) in [5, 5.41) is 5.03. The van der Waals surface area contributed by atoms with Gasteiger partial charge in [0.1, 0.15) is 0 Å². The Hall–Kier alpha value is -1.32. The largest absolute Gasteiger partial charge is 0.324 e. The highest BCUT2D eigenvalue weighted by Crippen LogP contribution is 2.28. The van der Waals surface area contributed by atoms with Crippen molar-refractivity contribution in [2.75, 3.05) is 0 Å². The van der Waals surface area contributed by atoms with E-state index in [1.54, 1.807) is 0 Å². The molecule has 0 aliphatic rings. The standard InChI is InChI=1S/C14H18ClN3/c1-3-8-18-14(6-7-17-18)11-4-5-12(10(2)16)13(15)9-11/h4-7,9-10H,3,8,16H2,1-2H3. The van der Waals surface area contributed by atoms with Crippen molar-refractivity contribution in [2.24, 2.45) is 5.73 Å². The van der Waals surface area contributed by atoms with Crippen molar-refractivity contribution in [3.8, 4) is 11.3 Å². The molecule has 0 spiro atoms. The molecule has 1 unspecified atom stereocenters. The zero-order valence-corrected chi connectivity index (χ0v) is 11.5. The van der Waals surface area contributed by atoms with Crippen molar-refractivity contribution in [3.63, 3.8) is 0 Å². The van der Waals surface area contributed by atoms with Gasteiger partial charge in [-0.15, -0.1) is 0 Å². The van der Waals surface area contributed by atoms with E-state index in [1.807, 2.05) is 42.1 Å². The minimum Gasteiger partial charge on any atom is -0.324 e. The van der Waals surface area contributed by atoms with Crippen molar-refractivity contribution in [3.05, 3.63) is 41.0 Å². The van der Waals surface area contributed by atoms with Crippen LogP contribution in [0.25, 0.3) is 11.3 Å². The Morgan fingerprint density at radius 3 is 2.78 bits per heavy atom. The van der Waals surface area contributed by atoms with E-state index in [-0.39, 0.29) is 6.04 Å². The van der Waals surface area contributed by atoms with Gasteiger partial charge in [0.05, 0.1) is 5.69 Å². The molecule has 0 bridgehead atoms. The molecule has 1 aromatic carbocycles. The molecule has 0 saturated heterocycles. The maximum atomic E-state index is 6.26. The molecule has 0 aliphatic heterocycles. The highest BCUT2D eigenvalue weighted by atomic mass is 35.5. The lowest BCUT2D eigenvalue weighted by molar-refractivity contribution is 0.609. The average Bonchev–Trinajstić information content (AvgIpc) is 2.77. The topological polar surface area (TPSA) is 43.8 Å². The van der Waals surface area contributed by atoms with E-state index in [0.29, 0.717) is 5.02 Å². The van der Waals surface area contributed by atoms with Gasteiger partial charge < -0.3 is 5.73 Å². The summed E-state index contributed by atoms with van der Waals surface area (Å²) >= 11 is 6.26. The predicted octanol–water partition coefficient (Wildman–Crippen LogP) is 3.63. The fraction of sp³-hybridized carbons (Fsp3) is 0.357. The highest BCUT2D eigenvalue weighted by Gasteiger charge is 2.09. The first-order valence-corrected chi connectivity index (χ1v) is 6.58. The molecule has 0 radical (unpaired) electrons. The van der Waals surface area contributed by atoms with Crippen molar-refractivity contribution in [1.29, 1.82) is 0 Å². The average molecular weight is 264 g/mol. The van der Waals surface area contributed by atoms with Crippen LogP contribution in [0.4, 0.5) is 0 Å². The van der Waals surface area contributed by atoms with Crippen LogP contribution < -0.4 is 5.73 Å². The van der Waals surface area contributed by atoms with Crippen LogP contribution in [-0.2, 0) is 6.54 Å². The Kier molecular flexibility index (Phi) is 4.04. The summed E-state index contributed by atoms with van der Waals surface area (Å²) in [7, 11) is 0. The number of hydrogen-bond donors (Lipinski definition) is 1. The third-order valence-electron chi connectivity index (χ3n) is 2.94. The van der Waals surface area contributed by atoms with E-state index >= 15 is 0 Å². The van der Waals surface area contributed by atoms with Crippen LogP contribution in [0.5, 0.6) is 0 Å². The van der Waals surface area contributed by atoms with E-state index in [0.717, 1.165) is 29.8 Å². The van der Waals surface area contributed by atoms with Gasteiger partial charge in [-0.2, -0.15) is 5.10 Å². The van der Waals surface area contributed by atoms with Gasteiger partial charge in [-0.25, -0.2) is 0 Å². The molecule has 0 fully saturated rings. The van der Waals surface area contributed by atoms with Crippen LogP contribution in [0.3, 0.4) is 0 Å². The van der Waals surface area contributed by atoms with Crippen molar-refractivity contribution >= 4 is 11.6 Å². The Labute approximate surface area is 113 Å². The van der Waals surface area contributed by atoms with Gasteiger partial charge in [0.2, 0.25) is 0 Å². The Morgan fingerprint density at radius 1 is 1.39 bits per heavy atom. The SMILES string of the molecule is CCCn1nccc1-c1ccc(C(C)N)c(Cl)c1. The molecular formula is C14H18ClN3. The maximum absolute atomic E-state index is 6.26. The van der Waals surface area contributed by atoms with E-state index in [9.17, 15) is 0 Å². The van der Waals surface area contributed by atoms with Gasteiger partial charge in [-0.05, 0) is 31.0 Å². The predicted molar refractivity (Wildman–Crippen MR) is 75.6 cm³/mol. The Balaban J connectivity index is 2.39. The molecule has 18 heavy (non-hydrogen) atoms. The summed E-state index contributed by atoms with van der Waals surface area (Å²) in [6.45, 7) is 4.98. The first-order valence-electron chi connectivity index (χ1n) is 6.20. The van der Waals surface area contributed by atoms with Gasteiger partial charge in [0.15, 0.2) is 0 Å². The number of nitrogens with two attached hydrogens (primary N) is 1. The molecule has 4 heteroatoms. The number of nitrogens with zero attached hydrogens (tertiary/aromatic N) is 2. The summed E-state index contributed by atoms with van der Waals surface area (Å²) in [5.41, 5.74) is 9.00. The Bertz CT molecular complexity index is 532. The molecule has 2 aromatic rings. The van der Waals surface area contributed by atoms with E-state index in [2.05, 4.69) is 12.0 Å². The Morgan fingerprint density at radius 2 is 2.17 bits per heavy atom. The van der Waals surface area contributed by atoms with Crippen LogP contribution >= 0.6 is 11.6 Å². The fourth-order valence-corrected chi connectivity index (χ4v) is 2.38. The van der Waals surface area contributed by atoms with E-state index in [4.69, 9.17) is 17.3 Å². The third-order valence-corrected chi connectivity index (χ3v) is 3.27. The molecular weight excluding hydrogens is 246 g/mol. The number of rotatable bonds is 4. The zero-order chi connectivity index (χ0) is 13.1. The lowest BCUT2D eigenvalue weighted by atomic mass is 10.0. The summed E-state index contributed by atoms with van der Waals surface area (Å²) < 4.78 is 2.00. The summed E-state index contributed by atoms with van der Waals surface area (Å²) in [6, 6.07) is 7.96. The summed E-state index contributed by atoms with van der Waals surface area (Å²) in [6.07, 6.45) is 2.87. The molecule has 0 saturated carbocycles. The molecule has 0 amide bonds. The zero-order valence-electron chi connectivity index (χ0n) is 10.7. The molecule has 1 heterocycles. The summed E-state index contributed by atoms with van der Waals surface area (Å²) in [4.78, 5) is 0. The molecule has 96 valence electrons. The number of benzene rings is 1. The first kappa shape index (κ1) is 13.1. The van der Waals surface area contributed by atoms with Gasteiger partial charge in [-0.1, -0.05) is 30.7 Å². The summed E-state index contributed by atoms with van der Waals surface area (Å²) in [5.74, 6) is 0. The lowest BCUT2D eigenvalue weighted by Gasteiger charge is -2.11. The second-order valence-electron chi connectivity index (χ2n) is 4.46. The number of aromatic nitrogens is 2. The van der Waals surface area contributed by atoms with E-state index < -0.39 is 0 Å².